The average Bonchev–Trinajstić information content (AvgIpc) is 0.754. The van der Waals surface area contributed by atoms with Gasteiger partial charge in [-0.2, -0.15) is 0 Å². The largest absolute Gasteiger partial charge is 0.454 e. The summed E-state index contributed by atoms with van der Waals surface area (Å²) in [5, 5.41) is 0. The van der Waals surface area contributed by atoms with Crippen LogP contribution >= 0.6 is 0 Å². The van der Waals surface area contributed by atoms with Crippen LogP contribution in [0.5, 0.6) is 0 Å². The van der Waals surface area contributed by atoms with Crippen LogP contribution in [0.3, 0.4) is 0 Å². The molecule has 24 heteroatoms. The maximum absolute atomic E-state index is 15.4. The first-order valence-electron chi connectivity index (χ1n) is 46.5. The molecule has 0 saturated carbocycles. The van der Waals surface area contributed by atoms with Crippen molar-refractivity contribution >= 4 is 17.9 Å². The fourth-order valence-corrected chi connectivity index (χ4v) is 16.9. The summed E-state index contributed by atoms with van der Waals surface area (Å²) in [5.74, 6) is -2.12. The van der Waals surface area contributed by atoms with Gasteiger partial charge < -0.3 is 99.5 Å². The SMILES string of the molecule is C=CCO[C@H]1O[C@H](CO[C@H]2O[C@H](CO[C@H]3O[C@H](COCc4ccccc4)[C@@H](OCc4ccccc4)[C@H](OCc4ccccc4)[C@@H]3O[C@H]3O[C@H](COCc4ccccc4)[C@@H](OCc4ccccc4)[C@H](OCc4ccccc4)[C@@H]3OC(C)=O)[C@@H](OCc3ccccc3)[C@H](OCc3ccccc3)[C@@H]2OC(=O)c2ccccc2)[C@@H](OCc2ccccc2)[C@H](OCc2ccccc2)[C@@H]1OC(=O)c1ccccc1. The van der Waals surface area contributed by atoms with E-state index in [-0.39, 0.29) is 97.0 Å². The zero-order chi connectivity index (χ0) is 93.8. The smallest absolute Gasteiger partial charge is 0.338 e. The van der Waals surface area contributed by atoms with Crippen molar-refractivity contribution in [2.24, 2.45) is 0 Å². The van der Waals surface area contributed by atoms with Gasteiger partial charge in [-0.05, 0) is 79.9 Å². The minimum atomic E-state index is -1.64. The van der Waals surface area contributed by atoms with Crippen LogP contribution in [-0.2, 0) is 170 Å². The van der Waals surface area contributed by atoms with Crippen LogP contribution in [0.25, 0.3) is 0 Å². The third-order valence-electron chi connectivity index (χ3n) is 23.8. The van der Waals surface area contributed by atoms with E-state index in [1.807, 2.05) is 303 Å². The van der Waals surface area contributed by atoms with Crippen molar-refractivity contribution in [1.82, 2.24) is 0 Å². The van der Waals surface area contributed by atoms with E-state index in [1.165, 1.54) is 6.92 Å². The molecule has 0 unspecified atom stereocenters. The summed E-state index contributed by atoms with van der Waals surface area (Å²) in [6, 6.07) is 114. The topological polar surface area (TPSA) is 245 Å². The lowest BCUT2D eigenvalue weighted by molar-refractivity contribution is -0.385. The number of carbonyl (C=O) groups is 3. The molecule has 4 heterocycles. The van der Waals surface area contributed by atoms with Gasteiger partial charge >= 0.3 is 17.9 Å². The van der Waals surface area contributed by atoms with Crippen molar-refractivity contribution in [3.63, 3.8) is 0 Å². The van der Waals surface area contributed by atoms with Gasteiger partial charge in [-0.3, -0.25) is 4.79 Å². The number of carbonyl (C=O) groups excluding carboxylic acids is 3. The number of ether oxygens (including phenoxy) is 21. The van der Waals surface area contributed by atoms with Gasteiger partial charge in [0.05, 0.1) is 110 Å². The van der Waals surface area contributed by atoms with Gasteiger partial charge in [-0.25, -0.2) is 9.59 Å². The molecule has 0 spiro atoms. The normalized spacial score (nSPS) is 24.8. The molecule has 0 radical (unpaired) electrons. The quantitative estimate of drug-likeness (QED) is 0.0195. The molecular formula is C113H116O24. The molecule has 712 valence electrons. The fraction of sp³-hybridized carbons (Fsp3) is 0.319. The molecule has 4 aliphatic rings. The van der Waals surface area contributed by atoms with Gasteiger partial charge in [0, 0.05) is 6.92 Å². The van der Waals surface area contributed by atoms with Gasteiger partial charge in [0.2, 0.25) is 0 Å². The first-order chi connectivity index (χ1) is 67.6. The van der Waals surface area contributed by atoms with Crippen molar-refractivity contribution in [2.45, 2.75) is 196 Å². The molecule has 4 aliphatic heterocycles. The lowest BCUT2D eigenvalue weighted by atomic mass is 9.95. The highest BCUT2D eigenvalue weighted by atomic mass is 16.8. The molecule has 0 N–H and O–H groups in total. The Morgan fingerprint density at radius 2 is 0.445 bits per heavy atom. The van der Waals surface area contributed by atoms with E-state index in [4.69, 9.17) is 99.5 Å². The second-order valence-electron chi connectivity index (χ2n) is 33.7. The number of esters is 3. The molecule has 4 saturated heterocycles. The Balaban J connectivity index is 0.830. The van der Waals surface area contributed by atoms with Crippen LogP contribution in [0, 0.1) is 0 Å². The molecule has 0 amide bonds. The van der Waals surface area contributed by atoms with Gasteiger partial charge in [0.15, 0.2) is 43.5 Å². The summed E-state index contributed by atoms with van der Waals surface area (Å²) in [4.78, 5) is 44.4. The molecule has 16 rings (SSSR count). The monoisotopic (exact) mass is 1860 g/mol. The second-order valence-corrected chi connectivity index (χ2v) is 33.7. The van der Waals surface area contributed by atoms with Crippen LogP contribution in [0.2, 0.25) is 0 Å². The van der Waals surface area contributed by atoms with Crippen LogP contribution < -0.4 is 0 Å². The van der Waals surface area contributed by atoms with Crippen LogP contribution in [-0.4, -0.2) is 174 Å². The van der Waals surface area contributed by atoms with Crippen LogP contribution in [0.15, 0.2) is 377 Å². The van der Waals surface area contributed by atoms with Crippen molar-refractivity contribution < 1.29 is 114 Å². The Kier molecular flexibility index (Phi) is 37.3. The molecule has 24 nitrogen and oxygen atoms in total. The van der Waals surface area contributed by atoms with Gasteiger partial charge in [0.25, 0.3) is 0 Å². The predicted octanol–water partition coefficient (Wildman–Crippen LogP) is 18.0. The van der Waals surface area contributed by atoms with Gasteiger partial charge in [0.1, 0.15) is 79.4 Å². The Morgan fingerprint density at radius 1 is 0.234 bits per heavy atom. The maximum Gasteiger partial charge on any atom is 0.338 e. The third-order valence-corrected chi connectivity index (χ3v) is 23.8. The Labute approximate surface area is 799 Å². The highest BCUT2D eigenvalue weighted by Gasteiger charge is 2.58. The number of hydrogen-bond donors (Lipinski definition) is 0. The molecule has 4 fully saturated rings. The summed E-state index contributed by atoms with van der Waals surface area (Å²) in [6.07, 6.45) is -24.3. The van der Waals surface area contributed by atoms with Crippen molar-refractivity contribution in [1.29, 1.82) is 0 Å². The van der Waals surface area contributed by atoms with Crippen LogP contribution in [0.4, 0.5) is 0 Å². The van der Waals surface area contributed by atoms with Crippen LogP contribution in [0.1, 0.15) is 83.3 Å². The van der Waals surface area contributed by atoms with E-state index < -0.39 is 154 Å². The lowest BCUT2D eigenvalue weighted by Gasteiger charge is -2.50. The highest BCUT2D eigenvalue weighted by Crippen LogP contribution is 2.41. The predicted molar refractivity (Wildman–Crippen MR) is 507 cm³/mol. The van der Waals surface area contributed by atoms with Crippen molar-refractivity contribution in [2.75, 3.05) is 33.0 Å². The van der Waals surface area contributed by atoms with Gasteiger partial charge in [-0.15, -0.1) is 6.58 Å². The lowest BCUT2D eigenvalue weighted by Crippen LogP contribution is -2.67. The van der Waals surface area contributed by atoms with E-state index in [2.05, 4.69) is 6.58 Å². The van der Waals surface area contributed by atoms with E-state index in [1.54, 1.807) is 66.7 Å². The van der Waals surface area contributed by atoms with E-state index in [0.29, 0.717) is 0 Å². The van der Waals surface area contributed by atoms with E-state index >= 15 is 4.79 Å². The molecule has 137 heavy (non-hydrogen) atoms. The molecule has 0 aliphatic carbocycles. The van der Waals surface area contributed by atoms with Crippen molar-refractivity contribution in [3.05, 3.63) is 443 Å². The summed E-state index contributed by atoms with van der Waals surface area (Å²) < 4.78 is 151. The summed E-state index contributed by atoms with van der Waals surface area (Å²) in [5.41, 5.74) is 8.67. The van der Waals surface area contributed by atoms with Crippen molar-refractivity contribution in [3.8, 4) is 0 Å². The Morgan fingerprint density at radius 3 is 0.708 bits per heavy atom. The number of hydrogen-bond acceptors (Lipinski definition) is 24. The zero-order valence-corrected chi connectivity index (χ0v) is 76.4. The number of rotatable bonds is 48. The summed E-state index contributed by atoms with van der Waals surface area (Å²) in [7, 11) is 0. The van der Waals surface area contributed by atoms with E-state index in [0.717, 1.165) is 55.6 Å². The molecule has 12 aromatic carbocycles. The number of benzene rings is 12. The van der Waals surface area contributed by atoms with Gasteiger partial charge in [-0.1, -0.05) is 346 Å². The molecule has 0 aromatic heterocycles. The standard InChI is InChI=1S/C113H116O24/c1-3-64-119-110-104(135-108(115)90-60-36-14-37-61-90)100(124-71-86-52-28-10-29-53-86)98(122-69-84-48-24-8-25-49-84)94(132-110)77-128-111-105(136-109(116)91-62-38-15-39-63-91)101(125-72-87-54-30-11-31-55-87)99(123-70-85-50-26-9-27-51-85)95(133-111)78-129-112-106(102(126-73-88-56-32-12-33-57-88)96(120-67-82-44-20-6-21-45-82)92(131-112)75-117-65-80-40-16-4-17-41-80)137-113-107(130-79(2)114)103(127-74-89-58-34-13-35-59-89)97(121-68-83-46-22-7-23-47-83)93(134-113)76-118-66-81-42-18-5-19-43-81/h3-63,92-107,110-113H,1,64-78H2,2H3/t92-,93-,94-,95-,96-,97-,98-,99-,100+,101+,102+,103+,104+,105+,106+,107+,110+,111+,112+,113-/m1/s1. The molecule has 12 aromatic rings. The Bertz CT molecular complexity index is 5490. The second kappa shape index (κ2) is 52.0. The summed E-state index contributed by atoms with van der Waals surface area (Å²) in [6.45, 7) is 4.59. The highest BCUT2D eigenvalue weighted by molar-refractivity contribution is 5.90. The first kappa shape index (κ1) is 98.1. The zero-order valence-electron chi connectivity index (χ0n) is 76.4. The third kappa shape index (κ3) is 28.6. The van der Waals surface area contributed by atoms with E-state index in [9.17, 15) is 9.59 Å². The average molecular weight is 1860 g/mol. The fourth-order valence-electron chi connectivity index (χ4n) is 16.9. The molecular weight excluding hydrogens is 1740 g/mol. The minimum absolute atomic E-state index is 0.0129. The molecule has 0 bridgehead atoms. The Hall–Kier alpha value is -11.9. The first-order valence-corrected chi connectivity index (χ1v) is 46.5. The minimum Gasteiger partial charge on any atom is -0.454 e. The molecule has 20 atom stereocenters. The summed E-state index contributed by atoms with van der Waals surface area (Å²) >= 11 is 0. The maximum atomic E-state index is 15.4.